The molecule has 2 heterocycles. The Hall–Kier alpha value is -2.44. The highest BCUT2D eigenvalue weighted by atomic mass is 16.5. The number of hydrogen-bond donors (Lipinski definition) is 0. The number of para-hydroxylation sites is 1. The van der Waals surface area contributed by atoms with Crippen LogP contribution in [0, 0.1) is 0 Å². The van der Waals surface area contributed by atoms with Crippen molar-refractivity contribution in [3.05, 3.63) is 30.3 Å². The lowest BCUT2D eigenvalue weighted by atomic mass is 10.0. The van der Waals surface area contributed by atoms with E-state index in [1.54, 1.807) is 4.68 Å². The van der Waals surface area contributed by atoms with E-state index in [2.05, 4.69) is 15.5 Å². The quantitative estimate of drug-likeness (QED) is 0.790. The third-order valence-electron chi connectivity index (χ3n) is 3.69. The molecule has 2 aromatic rings. The number of aromatic nitrogens is 4. The summed E-state index contributed by atoms with van der Waals surface area (Å²) in [5, 5.41) is 11.9. The van der Waals surface area contributed by atoms with Gasteiger partial charge in [-0.15, -0.1) is 0 Å². The number of rotatable bonds is 3. The largest absolute Gasteiger partial charge is 0.467 e. The summed E-state index contributed by atoms with van der Waals surface area (Å²) in [6.07, 6.45) is 2.77. The van der Waals surface area contributed by atoms with Crippen LogP contribution in [0.1, 0.15) is 19.3 Å². The molecule has 0 bridgehead atoms. The van der Waals surface area contributed by atoms with Gasteiger partial charge in [0, 0.05) is 6.54 Å². The molecular formula is C14H17N5O2. The van der Waals surface area contributed by atoms with Crippen molar-refractivity contribution in [2.24, 2.45) is 0 Å². The standard InChI is InChI=1S/C14H17N5O2/c1-21-13(20)12-9-5-6-10-18(12)14-15-16-17-19(14)11-7-3-2-4-8-11/h2-4,7-8,12H,5-6,9-10H2,1H3. The van der Waals surface area contributed by atoms with Gasteiger partial charge in [-0.3, -0.25) is 0 Å². The van der Waals surface area contributed by atoms with Crippen molar-refractivity contribution in [3.63, 3.8) is 0 Å². The fourth-order valence-corrected chi connectivity index (χ4v) is 2.65. The maximum atomic E-state index is 12.0. The summed E-state index contributed by atoms with van der Waals surface area (Å²) in [5.41, 5.74) is 0.867. The van der Waals surface area contributed by atoms with E-state index in [-0.39, 0.29) is 12.0 Å². The van der Waals surface area contributed by atoms with Gasteiger partial charge in [0.1, 0.15) is 6.04 Å². The van der Waals surface area contributed by atoms with Gasteiger partial charge in [0.2, 0.25) is 0 Å². The van der Waals surface area contributed by atoms with E-state index >= 15 is 0 Å². The minimum Gasteiger partial charge on any atom is -0.467 e. The van der Waals surface area contributed by atoms with Gasteiger partial charge in [0.15, 0.2) is 0 Å². The fourth-order valence-electron chi connectivity index (χ4n) is 2.65. The van der Waals surface area contributed by atoms with Crippen LogP contribution in [-0.4, -0.2) is 45.9 Å². The molecule has 110 valence electrons. The summed E-state index contributed by atoms with van der Waals surface area (Å²) in [6, 6.07) is 9.32. The first-order chi connectivity index (χ1) is 10.3. The molecule has 0 N–H and O–H groups in total. The van der Waals surface area contributed by atoms with Crippen LogP contribution >= 0.6 is 0 Å². The zero-order chi connectivity index (χ0) is 14.7. The van der Waals surface area contributed by atoms with E-state index in [9.17, 15) is 4.79 Å². The molecular weight excluding hydrogens is 270 g/mol. The average Bonchev–Trinajstić information content (AvgIpc) is 3.04. The van der Waals surface area contributed by atoms with E-state index in [0.717, 1.165) is 31.5 Å². The molecule has 1 aliphatic rings. The van der Waals surface area contributed by atoms with E-state index < -0.39 is 0 Å². The molecule has 1 aromatic heterocycles. The van der Waals surface area contributed by atoms with Crippen molar-refractivity contribution in [2.45, 2.75) is 25.3 Å². The Morgan fingerprint density at radius 2 is 2.10 bits per heavy atom. The van der Waals surface area contributed by atoms with Gasteiger partial charge in [-0.25, -0.2) is 4.79 Å². The van der Waals surface area contributed by atoms with Crippen molar-refractivity contribution >= 4 is 11.9 Å². The number of benzene rings is 1. The number of piperidine rings is 1. The lowest BCUT2D eigenvalue weighted by Gasteiger charge is -2.33. The number of anilines is 1. The minimum absolute atomic E-state index is 0.239. The van der Waals surface area contributed by atoms with Crippen molar-refractivity contribution in [2.75, 3.05) is 18.6 Å². The number of ether oxygens (including phenoxy) is 1. The van der Waals surface area contributed by atoms with E-state index in [1.165, 1.54) is 7.11 Å². The molecule has 0 radical (unpaired) electrons. The second-order valence-electron chi connectivity index (χ2n) is 4.95. The average molecular weight is 287 g/mol. The Labute approximate surface area is 122 Å². The first-order valence-corrected chi connectivity index (χ1v) is 6.99. The molecule has 1 unspecified atom stereocenters. The van der Waals surface area contributed by atoms with Gasteiger partial charge in [0.25, 0.3) is 5.95 Å². The van der Waals surface area contributed by atoms with Crippen LogP contribution in [0.5, 0.6) is 0 Å². The van der Waals surface area contributed by atoms with Gasteiger partial charge >= 0.3 is 5.97 Å². The van der Waals surface area contributed by atoms with Gasteiger partial charge in [0.05, 0.1) is 12.8 Å². The number of carbonyl (C=O) groups is 1. The third kappa shape index (κ3) is 2.58. The van der Waals surface area contributed by atoms with E-state index in [1.807, 2.05) is 35.2 Å². The third-order valence-corrected chi connectivity index (χ3v) is 3.69. The maximum Gasteiger partial charge on any atom is 0.328 e. The zero-order valence-electron chi connectivity index (χ0n) is 11.8. The van der Waals surface area contributed by atoms with Crippen LogP contribution in [0.3, 0.4) is 0 Å². The monoisotopic (exact) mass is 287 g/mol. The Morgan fingerprint density at radius 3 is 2.86 bits per heavy atom. The molecule has 1 atom stereocenters. The Balaban J connectivity index is 1.96. The summed E-state index contributed by atoms with van der Waals surface area (Å²) < 4.78 is 6.56. The summed E-state index contributed by atoms with van der Waals surface area (Å²) in [6.45, 7) is 0.743. The summed E-state index contributed by atoms with van der Waals surface area (Å²) in [4.78, 5) is 13.9. The molecule has 1 saturated heterocycles. The highest BCUT2D eigenvalue weighted by Crippen LogP contribution is 2.25. The van der Waals surface area contributed by atoms with Crippen LogP contribution in [0.25, 0.3) is 5.69 Å². The predicted molar refractivity (Wildman–Crippen MR) is 76.2 cm³/mol. The van der Waals surface area contributed by atoms with E-state index in [4.69, 9.17) is 4.74 Å². The van der Waals surface area contributed by atoms with Gasteiger partial charge in [-0.1, -0.05) is 23.3 Å². The van der Waals surface area contributed by atoms with Crippen molar-refractivity contribution in [3.8, 4) is 5.69 Å². The van der Waals surface area contributed by atoms with Crippen molar-refractivity contribution in [1.82, 2.24) is 20.2 Å². The number of methoxy groups -OCH3 is 1. The molecule has 0 aliphatic carbocycles. The molecule has 0 spiro atoms. The lowest BCUT2D eigenvalue weighted by Crippen LogP contribution is -2.46. The van der Waals surface area contributed by atoms with Crippen LogP contribution in [0.2, 0.25) is 0 Å². The lowest BCUT2D eigenvalue weighted by molar-refractivity contribution is -0.142. The topological polar surface area (TPSA) is 73.1 Å². The van der Waals surface area contributed by atoms with Gasteiger partial charge in [-0.05, 0) is 41.8 Å². The smallest absolute Gasteiger partial charge is 0.328 e. The summed E-state index contributed by atoms with van der Waals surface area (Å²) >= 11 is 0. The molecule has 3 rings (SSSR count). The molecule has 21 heavy (non-hydrogen) atoms. The Morgan fingerprint density at radius 1 is 1.29 bits per heavy atom. The molecule has 1 aromatic carbocycles. The fraction of sp³-hybridized carbons (Fsp3) is 0.429. The van der Waals surface area contributed by atoms with Crippen LogP contribution in [0.4, 0.5) is 5.95 Å². The Bertz CT molecular complexity index is 613. The predicted octanol–water partition coefficient (Wildman–Crippen LogP) is 1.19. The molecule has 0 amide bonds. The second-order valence-corrected chi connectivity index (χ2v) is 4.95. The number of hydrogen-bond acceptors (Lipinski definition) is 6. The maximum absolute atomic E-state index is 12.0. The summed E-state index contributed by atoms with van der Waals surface area (Å²) in [7, 11) is 1.41. The molecule has 7 heteroatoms. The number of esters is 1. The van der Waals surface area contributed by atoms with Gasteiger partial charge in [-0.2, -0.15) is 4.68 Å². The van der Waals surface area contributed by atoms with Crippen molar-refractivity contribution < 1.29 is 9.53 Å². The molecule has 0 saturated carbocycles. The van der Waals surface area contributed by atoms with Crippen LogP contribution in [-0.2, 0) is 9.53 Å². The number of tetrazole rings is 1. The number of nitrogens with zero attached hydrogens (tertiary/aromatic N) is 5. The SMILES string of the molecule is COC(=O)C1CCCCN1c1nnnn1-c1ccccc1. The highest BCUT2D eigenvalue weighted by molar-refractivity contribution is 5.79. The molecule has 1 aliphatic heterocycles. The molecule has 7 nitrogen and oxygen atoms in total. The first-order valence-electron chi connectivity index (χ1n) is 6.99. The zero-order valence-corrected chi connectivity index (χ0v) is 11.8. The minimum atomic E-state index is -0.322. The van der Waals surface area contributed by atoms with Crippen molar-refractivity contribution in [1.29, 1.82) is 0 Å². The van der Waals surface area contributed by atoms with Gasteiger partial charge < -0.3 is 9.64 Å². The van der Waals surface area contributed by atoms with Crippen LogP contribution < -0.4 is 4.90 Å². The summed E-state index contributed by atoms with van der Waals surface area (Å²) in [5.74, 6) is 0.341. The normalized spacial score (nSPS) is 18.5. The first kappa shape index (κ1) is 13.5. The Kier molecular flexibility index (Phi) is 3.81. The van der Waals surface area contributed by atoms with Crippen LogP contribution in [0.15, 0.2) is 30.3 Å². The highest BCUT2D eigenvalue weighted by Gasteiger charge is 2.33. The molecule has 1 fully saturated rings. The number of carbonyl (C=O) groups excluding carboxylic acids is 1. The van der Waals surface area contributed by atoms with E-state index in [0.29, 0.717) is 5.95 Å². The second kappa shape index (κ2) is 5.90.